The molecule has 2 rings (SSSR count). The van der Waals surface area contributed by atoms with Crippen molar-refractivity contribution in [3.8, 4) is 11.1 Å². The normalized spacial score (nSPS) is 10.3. The Morgan fingerprint density at radius 2 is 1.59 bits per heavy atom. The van der Waals surface area contributed by atoms with Crippen LogP contribution >= 0.6 is 11.6 Å². The maximum atomic E-state index is 11.2. The molecular formula is C15H13ClO. The average Bonchev–Trinajstić information content (AvgIpc) is 2.33. The minimum absolute atomic E-state index is 0.398. The summed E-state index contributed by atoms with van der Waals surface area (Å²) in [6.45, 7) is 3.94. The van der Waals surface area contributed by atoms with Gasteiger partial charge in [-0.2, -0.15) is 0 Å². The van der Waals surface area contributed by atoms with E-state index in [-0.39, 0.29) is 0 Å². The van der Waals surface area contributed by atoms with Crippen LogP contribution in [0.15, 0.2) is 42.5 Å². The molecule has 0 amide bonds. The van der Waals surface area contributed by atoms with E-state index in [1.807, 2.05) is 38.1 Å². The number of rotatable bonds is 2. The van der Waals surface area contributed by atoms with Gasteiger partial charge in [-0.25, -0.2) is 0 Å². The Morgan fingerprint density at radius 3 is 2.18 bits per heavy atom. The highest BCUT2D eigenvalue weighted by atomic mass is 35.5. The van der Waals surface area contributed by atoms with Gasteiger partial charge in [-0.3, -0.25) is 4.79 Å². The summed E-state index contributed by atoms with van der Waals surface area (Å²) in [5.41, 5.74) is 4.93. The molecule has 0 unspecified atom stereocenters. The van der Waals surface area contributed by atoms with Crippen molar-refractivity contribution in [2.45, 2.75) is 13.8 Å². The summed E-state index contributed by atoms with van der Waals surface area (Å²) >= 11 is 5.54. The van der Waals surface area contributed by atoms with Crippen LogP contribution in [-0.2, 0) is 0 Å². The number of carbonyl (C=O) groups excluding carboxylic acids is 1. The maximum Gasteiger partial charge on any atom is 0.252 e. The van der Waals surface area contributed by atoms with Crippen molar-refractivity contribution in [2.75, 3.05) is 0 Å². The molecule has 0 N–H and O–H groups in total. The van der Waals surface area contributed by atoms with E-state index >= 15 is 0 Å². The smallest absolute Gasteiger partial charge is 0.252 e. The first-order chi connectivity index (χ1) is 8.11. The summed E-state index contributed by atoms with van der Waals surface area (Å²) < 4.78 is 0. The number of hydrogen-bond acceptors (Lipinski definition) is 1. The second-order valence-corrected chi connectivity index (χ2v) is 4.39. The molecule has 0 aliphatic carbocycles. The fourth-order valence-electron chi connectivity index (χ4n) is 1.96. The van der Waals surface area contributed by atoms with Gasteiger partial charge in [0.25, 0.3) is 5.24 Å². The molecule has 0 saturated heterocycles. The van der Waals surface area contributed by atoms with Crippen LogP contribution in [0.2, 0.25) is 0 Å². The summed E-state index contributed by atoms with van der Waals surface area (Å²) in [6.07, 6.45) is 0. The molecule has 2 aromatic carbocycles. The van der Waals surface area contributed by atoms with Crippen LogP contribution < -0.4 is 0 Å². The van der Waals surface area contributed by atoms with E-state index in [9.17, 15) is 4.79 Å². The first-order valence-corrected chi connectivity index (χ1v) is 5.84. The third-order valence-corrected chi connectivity index (χ3v) is 3.29. The molecule has 0 heterocycles. The standard InChI is InChI=1S/C15H13ClO/c1-10-11(2)14(15(16)17)9-8-13(10)12-6-4-3-5-7-12/h3-9H,1-2H3. The predicted molar refractivity (Wildman–Crippen MR) is 71.5 cm³/mol. The molecule has 0 atom stereocenters. The van der Waals surface area contributed by atoms with Crippen molar-refractivity contribution in [3.05, 3.63) is 59.2 Å². The van der Waals surface area contributed by atoms with E-state index in [1.165, 1.54) is 0 Å². The average molecular weight is 245 g/mol. The molecule has 0 bridgehead atoms. The van der Waals surface area contributed by atoms with Gasteiger partial charge < -0.3 is 0 Å². The molecule has 17 heavy (non-hydrogen) atoms. The third kappa shape index (κ3) is 2.25. The summed E-state index contributed by atoms with van der Waals surface area (Å²) in [4.78, 5) is 11.2. The molecule has 2 aromatic rings. The molecular weight excluding hydrogens is 232 g/mol. The molecule has 0 aliphatic rings. The van der Waals surface area contributed by atoms with Crippen LogP contribution in [0, 0.1) is 13.8 Å². The van der Waals surface area contributed by atoms with Crippen LogP contribution in [-0.4, -0.2) is 5.24 Å². The molecule has 0 spiro atoms. The summed E-state index contributed by atoms with van der Waals surface area (Å²) in [5, 5.41) is -0.398. The van der Waals surface area contributed by atoms with Crippen molar-refractivity contribution in [1.82, 2.24) is 0 Å². The first kappa shape index (κ1) is 11.9. The minimum Gasteiger partial charge on any atom is -0.276 e. The SMILES string of the molecule is Cc1c(C(=O)Cl)ccc(-c2ccccc2)c1C. The van der Waals surface area contributed by atoms with Crippen molar-refractivity contribution in [2.24, 2.45) is 0 Å². The van der Waals surface area contributed by atoms with Crippen LogP contribution in [0.3, 0.4) is 0 Å². The van der Waals surface area contributed by atoms with Gasteiger partial charge in [0.05, 0.1) is 0 Å². The Balaban J connectivity index is 2.60. The van der Waals surface area contributed by atoms with Gasteiger partial charge in [-0.1, -0.05) is 36.4 Å². The van der Waals surface area contributed by atoms with Crippen LogP contribution in [0.25, 0.3) is 11.1 Å². The highest BCUT2D eigenvalue weighted by Crippen LogP contribution is 2.27. The second kappa shape index (κ2) is 4.72. The van der Waals surface area contributed by atoms with Crippen molar-refractivity contribution in [3.63, 3.8) is 0 Å². The summed E-state index contributed by atoms with van der Waals surface area (Å²) in [6, 6.07) is 13.9. The topological polar surface area (TPSA) is 17.1 Å². The molecule has 0 aromatic heterocycles. The van der Waals surface area contributed by atoms with Crippen molar-refractivity contribution < 1.29 is 4.79 Å². The van der Waals surface area contributed by atoms with E-state index in [1.54, 1.807) is 6.07 Å². The Hall–Kier alpha value is -1.60. The zero-order chi connectivity index (χ0) is 12.4. The van der Waals surface area contributed by atoms with Gasteiger partial charge in [0.2, 0.25) is 0 Å². The van der Waals surface area contributed by atoms with E-state index in [2.05, 4.69) is 12.1 Å². The molecule has 0 fully saturated rings. The van der Waals surface area contributed by atoms with Crippen LogP contribution in [0.4, 0.5) is 0 Å². The quantitative estimate of drug-likeness (QED) is 0.718. The molecule has 0 saturated carbocycles. The molecule has 86 valence electrons. The summed E-state index contributed by atoms with van der Waals surface area (Å²) in [7, 11) is 0. The van der Waals surface area contributed by atoms with Gasteiger partial charge in [-0.15, -0.1) is 0 Å². The lowest BCUT2D eigenvalue weighted by Crippen LogP contribution is -1.97. The third-order valence-electron chi connectivity index (χ3n) is 3.08. The first-order valence-electron chi connectivity index (χ1n) is 5.46. The van der Waals surface area contributed by atoms with E-state index < -0.39 is 5.24 Å². The fraction of sp³-hybridized carbons (Fsp3) is 0.133. The number of carbonyl (C=O) groups is 1. The van der Waals surface area contributed by atoms with Gasteiger partial charge in [0.1, 0.15) is 0 Å². The molecule has 2 heteroatoms. The van der Waals surface area contributed by atoms with E-state index in [4.69, 9.17) is 11.6 Å². The molecule has 1 nitrogen and oxygen atoms in total. The zero-order valence-electron chi connectivity index (χ0n) is 9.83. The minimum atomic E-state index is -0.398. The largest absolute Gasteiger partial charge is 0.276 e. The van der Waals surface area contributed by atoms with Gasteiger partial charge >= 0.3 is 0 Å². The van der Waals surface area contributed by atoms with Gasteiger partial charge in [0, 0.05) is 5.56 Å². The number of hydrogen-bond donors (Lipinski definition) is 0. The Kier molecular flexibility index (Phi) is 3.30. The van der Waals surface area contributed by atoms with Crippen LogP contribution in [0.5, 0.6) is 0 Å². The Bertz CT molecular complexity index is 559. The highest BCUT2D eigenvalue weighted by Gasteiger charge is 2.11. The maximum absolute atomic E-state index is 11.2. The number of halogens is 1. The number of benzene rings is 2. The molecule has 0 aliphatic heterocycles. The monoisotopic (exact) mass is 244 g/mol. The zero-order valence-corrected chi connectivity index (χ0v) is 10.6. The molecule has 0 radical (unpaired) electrons. The van der Waals surface area contributed by atoms with Gasteiger partial charge in [0.15, 0.2) is 0 Å². The Labute approximate surface area is 106 Å². The van der Waals surface area contributed by atoms with E-state index in [0.717, 1.165) is 22.3 Å². The lowest BCUT2D eigenvalue weighted by molar-refractivity contribution is 0.108. The van der Waals surface area contributed by atoms with Crippen molar-refractivity contribution in [1.29, 1.82) is 0 Å². The Morgan fingerprint density at radius 1 is 0.941 bits per heavy atom. The van der Waals surface area contributed by atoms with Crippen molar-refractivity contribution >= 4 is 16.8 Å². The second-order valence-electron chi connectivity index (χ2n) is 4.05. The highest BCUT2D eigenvalue weighted by molar-refractivity contribution is 6.67. The summed E-state index contributed by atoms with van der Waals surface area (Å²) in [5.74, 6) is 0. The fourth-order valence-corrected chi connectivity index (χ4v) is 2.17. The van der Waals surface area contributed by atoms with E-state index in [0.29, 0.717) is 5.56 Å². The lowest BCUT2D eigenvalue weighted by Gasteiger charge is -2.11. The lowest BCUT2D eigenvalue weighted by atomic mass is 9.94. The predicted octanol–water partition coefficient (Wildman–Crippen LogP) is 4.35. The van der Waals surface area contributed by atoms with Gasteiger partial charge in [-0.05, 0) is 53.8 Å². The van der Waals surface area contributed by atoms with Crippen LogP contribution in [0.1, 0.15) is 21.5 Å².